The van der Waals surface area contributed by atoms with Gasteiger partial charge in [0, 0.05) is 23.1 Å². The number of nitrogens with one attached hydrogen (secondary N) is 3. The van der Waals surface area contributed by atoms with E-state index < -0.39 is 18.9 Å². The van der Waals surface area contributed by atoms with Gasteiger partial charge in [0.1, 0.15) is 5.56 Å². The molecule has 2 amide bonds. The van der Waals surface area contributed by atoms with Crippen LogP contribution in [-0.2, 0) is 4.79 Å². The number of amides is 2. The summed E-state index contributed by atoms with van der Waals surface area (Å²) >= 11 is 0. The summed E-state index contributed by atoms with van der Waals surface area (Å²) in [6.45, 7) is -2.77. The molecule has 0 radical (unpaired) electrons. The number of nitrogens with zero attached hydrogens (tertiary/aromatic N) is 2. The highest BCUT2D eigenvalue weighted by Crippen LogP contribution is 2.33. The van der Waals surface area contributed by atoms with E-state index in [1.54, 1.807) is 0 Å². The van der Waals surface area contributed by atoms with E-state index in [9.17, 15) is 19.5 Å². The first-order valence-corrected chi connectivity index (χ1v) is 8.27. The summed E-state index contributed by atoms with van der Waals surface area (Å²) in [4.78, 5) is 35.9. The van der Waals surface area contributed by atoms with Crippen molar-refractivity contribution in [2.24, 2.45) is 5.92 Å². The van der Waals surface area contributed by atoms with E-state index in [0.29, 0.717) is 0 Å². The van der Waals surface area contributed by atoms with Crippen LogP contribution in [0.3, 0.4) is 0 Å². The third-order valence-electron chi connectivity index (χ3n) is 4.04. The Morgan fingerprint density at radius 3 is 2.68 bits per heavy atom. The van der Waals surface area contributed by atoms with Crippen molar-refractivity contribution < 1.29 is 28.3 Å². The van der Waals surface area contributed by atoms with Gasteiger partial charge in [0.2, 0.25) is 5.91 Å². The largest absolute Gasteiger partial charge is 0.494 e. The number of aromatic nitrogens is 2. The maximum Gasteiger partial charge on any atom is 0.339 e. The highest BCUT2D eigenvalue weighted by Gasteiger charge is 2.30. The molecule has 0 unspecified atom stereocenters. The summed E-state index contributed by atoms with van der Waals surface area (Å²) in [6.07, 6.45) is 1.53. The number of para-hydroxylation sites is 1. The second kappa shape index (κ2) is 7.91. The lowest BCUT2D eigenvalue weighted by molar-refractivity contribution is -0.117. The first kappa shape index (κ1) is 15.4. The van der Waals surface area contributed by atoms with Crippen LogP contribution in [0.2, 0.25) is 0 Å². The van der Waals surface area contributed by atoms with Crippen molar-refractivity contribution in [3.05, 3.63) is 35.5 Å². The molecule has 146 valence electrons. The van der Waals surface area contributed by atoms with E-state index in [4.69, 9.17) is 8.85 Å². The maximum atomic E-state index is 12.4. The predicted octanol–water partition coefficient (Wildman–Crippen LogP) is 1.64. The number of ether oxygens (including phenoxy) is 1. The molecule has 0 bridgehead atoms. The van der Waals surface area contributed by atoms with Crippen LogP contribution in [-0.4, -0.2) is 47.2 Å². The quantitative estimate of drug-likeness (QED) is 0.561. The molecule has 1 fully saturated rings. The van der Waals surface area contributed by atoms with Crippen molar-refractivity contribution in [3.8, 4) is 5.75 Å². The topological polar surface area (TPSA) is 143 Å². The molecule has 1 saturated carbocycles. The molecule has 1 aromatic heterocycles. The van der Waals surface area contributed by atoms with Crippen LogP contribution in [0.4, 0.5) is 17.2 Å². The highest BCUT2D eigenvalue weighted by molar-refractivity contribution is 6.00. The van der Waals surface area contributed by atoms with Gasteiger partial charge in [-0.2, -0.15) is 0 Å². The number of hydrogen-bond acceptors (Lipinski definition) is 7. The molecule has 0 aliphatic heterocycles. The number of carbonyl (C=O) groups is 3. The minimum Gasteiger partial charge on any atom is -0.494 e. The average Bonchev–Trinajstić information content (AvgIpc) is 3.52. The van der Waals surface area contributed by atoms with Gasteiger partial charge in [0.15, 0.2) is 17.3 Å². The van der Waals surface area contributed by atoms with Crippen molar-refractivity contribution in [3.63, 3.8) is 0 Å². The lowest BCUT2D eigenvalue weighted by Gasteiger charge is -2.15. The molecule has 10 nitrogen and oxygen atoms in total. The van der Waals surface area contributed by atoms with Gasteiger partial charge < -0.3 is 25.8 Å². The van der Waals surface area contributed by atoms with Gasteiger partial charge in [-0.05, 0) is 25.0 Å². The highest BCUT2D eigenvalue weighted by atomic mass is 16.5. The number of benzene rings is 1. The minimum absolute atomic E-state index is 0.0105. The summed E-state index contributed by atoms with van der Waals surface area (Å²) in [6, 6.07) is 5.59. The van der Waals surface area contributed by atoms with E-state index in [1.165, 1.54) is 31.4 Å². The molecule has 1 aliphatic carbocycles. The zero-order valence-electron chi connectivity index (χ0n) is 17.8. The van der Waals surface area contributed by atoms with E-state index in [2.05, 4.69) is 20.8 Å². The summed E-state index contributed by atoms with van der Waals surface area (Å²) in [5, 5.41) is 24.1. The summed E-state index contributed by atoms with van der Waals surface area (Å²) in [5.41, 5.74) is -0.338. The normalized spacial score (nSPS) is 14.8. The van der Waals surface area contributed by atoms with Crippen molar-refractivity contribution >= 4 is 35.0 Å². The molecule has 0 saturated heterocycles. The van der Waals surface area contributed by atoms with Gasteiger partial charge in [-0.1, -0.05) is 6.07 Å². The zero-order valence-corrected chi connectivity index (χ0v) is 14.8. The van der Waals surface area contributed by atoms with Crippen LogP contribution in [0.1, 0.15) is 37.8 Å². The van der Waals surface area contributed by atoms with Gasteiger partial charge in [0.05, 0.1) is 18.5 Å². The van der Waals surface area contributed by atoms with Gasteiger partial charge in [0.25, 0.3) is 5.91 Å². The van der Waals surface area contributed by atoms with Crippen molar-refractivity contribution in [2.45, 2.75) is 12.8 Å². The number of carboxylic acid groups (broad SMARTS) is 1. The molecular formula is C18H19N5O5. The Balaban J connectivity index is 2.00. The van der Waals surface area contributed by atoms with Gasteiger partial charge in [-0.25, -0.2) is 4.79 Å². The number of rotatable bonds is 7. The van der Waals surface area contributed by atoms with E-state index in [-0.39, 0.29) is 46.0 Å². The van der Waals surface area contributed by atoms with Gasteiger partial charge in [-0.15, -0.1) is 10.2 Å². The maximum absolute atomic E-state index is 12.4. The molecule has 10 heteroatoms. The fourth-order valence-corrected chi connectivity index (χ4v) is 2.52. The Morgan fingerprint density at radius 1 is 1.25 bits per heavy atom. The standard InChI is InChI=1S/C18H19N5O5/c1-19-17(25)14-12(8-13(22-23-14)21-16(24)9-6-7-9)20-11-5-3-4-10(18(26)27)15(11)28-2/h3-5,8-9H,6-7H2,1-2H3,(H,19,25)(H,26,27)(H2,20,21,22,24)/i1D3. The lowest BCUT2D eigenvalue weighted by Crippen LogP contribution is -2.22. The number of anilines is 3. The monoisotopic (exact) mass is 388 g/mol. The molecule has 2 aromatic rings. The van der Waals surface area contributed by atoms with Crippen LogP contribution >= 0.6 is 0 Å². The van der Waals surface area contributed by atoms with Crippen molar-refractivity contribution in [1.29, 1.82) is 0 Å². The van der Waals surface area contributed by atoms with E-state index in [1.807, 2.05) is 5.32 Å². The number of aromatic carboxylic acids is 1. The fourth-order valence-electron chi connectivity index (χ4n) is 2.52. The Hall–Kier alpha value is -3.69. The molecule has 3 rings (SSSR count). The van der Waals surface area contributed by atoms with Crippen molar-refractivity contribution in [2.75, 3.05) is 24.7 Å². The Bertz CT molecular complexity index is 1040. The molecule has 28 heavy (non-hydrogen) atoms. The van der Waals surface area contributed by atoms with E-state index >= 15 is 0 Å². The number of carboxylic acids is 1. The van der Waals surface area contributed by atoms with Crippen LogP contribution in [0.25, 0.3) is 0 Å². The number of methoxy groups -OCH3 is 1. The average molecular weight is 388 g/mol. The van der Waals surface area contributed by atoms with Crippen molar-refractivity contribution in [1.82, 2.24) is 15.5 Å². The second-order valence-electron chi connectivity index (χ2n) is 6.03. The minimum atomic E-state index is -2.77. The summed E-state index contributed by atoms with van der Waals surface area (Å²) in [5.74, 6) is -2.60. The first-order chi connectivity index (χ1) is 14.6. The third-order valence-corrected chi connectivity index (χ3v) is 4.04. The molecular weight excluding hydrogens is 366 g/mol. The lowest BCUT2D eigenvalue weighted by atomic mass is 10.1. The third kappa shape index (κ3) is 4.00. The predicted molar refractivity (Wildman–Crippen MR) is 100 cm³/mol. The molecule has 1 aromatic carbocycles. The van der Waals surface area contributed by atoms with E-state index in [0.717, 1.165) is 12.8 Å². The summed E-state index contributed by atoms with van der Waals surface area (Å²) < 4.78 is 26.9. The number of hydrogen-bond donors (Lipinski definition) is 4. The summed E-state index contributed by atoms with van der Waals surface area (Å²) in [7, 11) is 1.28. The Kier molecular flexibility index (Phi) is 4.34. The Morgan fingerprint density at radius 2 is 2.04 bits per heavy atom. The molecule has 1 aliphatic rings. The number of carbonyl (C=O) groups excluding carboxylic acids is 2. The van der Waals surface area contributed by atoms with Crippen LogP contribution in [0.5, 0.6) is 5.75 Å². The molecule has 1 heterocycles. The molecule has 0 spiro atoms. The van der Waals surface area contributed by atoms with Crippen LogP contribution < -0.4 is 20.7 Å². The van der Waals surface area contributed by atoms with Crippen LogP contribution in [0.15, 0.2) is 24.3 Å². The van der Waals surface area contributed by atoms with Gasteiger partial charge in [-0.3, -0.25) is 9.59 Å². The Labute approximate surface area is 164 Å². The molecule has 0 atom stereocenters. The fraction of sp³-hybridized carbons (Fsp3) is 0.278. The second-order valence-corrected chi connectivity index (χ2v) is 6.03. The van der Waals surface area contributed by atoms with Crippen LogP contribution in [0, 0.1) is 5.92 Å². The SMILES string of the molecule is [2H]C([2H])([2H])NC(=O)c1nnc(NC(=O)C2CC2)cc1Nc1cccc(C(=O)O)c1OC. The zero-order chi connectivity index (χ0) is 22.8. The smallest absolute Gasteiger partial charge is 0.339 e. The molecule has 4 N–H and O–H groups in total. The van der Waals surface area contributed by atoms with Gasteiger partial charge >= 0.3 is 5.97 Å². The first-order valence-electron chi connectivity index (χ1n) is 9.77.